The minimum absolute atomic E-state index is 0.128. The van der Waals surface area contributed by atoms with E-state index in [0.717, 1.165) is 0 Å². The van der Waals surface area contributed by atoms with Crippen LogP contribution in [0.15, 0.2) is 24.3 Å². The van der Waals surface area contributed by atoms with Crippen LogP contribution in [0.25, 0.3) is 0 Å². The average Bonchev–Trinajstić information content (AvgIpc) is 3.43. The lowest BCUT2D eigenvalue weighted by Gasteiger charge is -2.26. The summed E-state index contributed by atoms with van der Waals surface area (Å²) in [7, 11) is 2.10. The highest BCUT2D eigenvalue weighted by Gasteiger charge is 2.30. The van der Waals surface area contributed by atoms with Crippen LogP contribution in [-0.4, -0.2) is 48.4 Å². The van der Waals surface area contributed by atoms with Crippen molar-refractivity contribution in [3.63, 3.8) is 0 Å². The van der Waals surface area contributed by atoms with Crippen LogP contribution in [0, 0.1) is 5.92 Å². The predicted octanol–water partition coefficient (Wildman–Crippen LogP) is 3.08. The molecule has 0 aromatic heterocycles. The van der Waals surface area contributed by atoms with E-state index in [1.807, 2.05) is 13.8 Å². The molecule has 2 N–H and O–H groups in total. The summed E-state index contributed by atoms with van der Waals surface area (Å²) in [4.78, 5) is 27.4. The highest BCUT2D eigenvalue weighted by atomic mass is 35.5. The minimum Gasteiger partial charge on any atom is -0.353 e. The van der Waals surface area contributed by atoms with Crippen molar-refractivity contribution in [2.24, 2.45) is 5.92 Å². The molecule has 6 heteroatoms. The molecule has 1 aliphatic carbocycles. The van der Waals surface area contributed by atoms with Crippen molar-refractivity contribution in [3.05, 3.63) is 34.9 Å². The number of carbonyl (C=O) groups is 2. The monoisotopic (exact) mass is 379 g/mol. The van der Waals surface area contributed by atoms with Gasteiger partial charge in [0.25, 0.3) is 5.91 Å². The van der Waals surface area contributed by atoms with E-state index < -0.39 is 6.04 Å². The van der Waals surface area contributed by atoms with E-state index in [-0.39, 0.29) is 17.9 Å². The Labute approximate surface area is 161 Å². The maximum absolute atomic E-state index is 12.6. The van der Waals surface area contributed by atoms with Gasteiger partial charge in [0.1, 0.15) is 6.04 Å². The minimum atomic E-state index is -0.545. The second-order valence-corrected chi connectivity index (χ2v) is 8.09. The van der Waals surface area contributed by atoms with Crippen LogP contribution in [0.5, 0.6) is 0 Å². The molecule has 0 saturated heterocycles. The van der Waals surface area contributed by atoms with Crippen molar-refractivity contribution in [2.75, 3.05) is 13.6 Å². The molecule has 2 unspecified atom stereocenters. The summed E-state index contributed by atoms with van der Waals surface area (Å²) in [6.07, 6.45) is 3.07. The van der Waals surface area contributed by atoms with E-state index in [1.165, 1.54) is 12.8 Å². The summed E-state index contributed by atoms with van der Waals surface area (Å²) < 4.78 is 0. The zero-order valence-corrected chi connectivity index (χ0v) is 16.8. The molecule has 1 saturated carbocycles. The van der Waals surface area contributed by atoms with Gasteiger partial charge < -0.3 is 10.6 Å². The fourth-order valence-corrected chi connectivity index (χ4v) is 3.03. The van der Waals surface area contributed by atoms with Gasteiger partial charge in [-0.15, -0.1) is 0 Å². The van der Waals surface area contributed by atoms with E-state index in [1.54, 1.807) is 24.3 Å². The lowest BCUT2D eigenvalue weighted by molar-refractivity contribution is -0.123. The predicted molar refractivity (Wildman–Crippen MR) is 105 cm³/mol. The maximum Gasteiger partial charge on any atom is 0.251 e. The Morgan fingerprint density at radius 3 is 2.35 bits per heavy atom. The third kappa shape index (κ3) is 6.29. The molecular weight excluding hydrogens is 350 g/mol. The molecule has 0 radical (unpaired) electrons. The van der Waals surface area contributed by atoms with Crippen LogP contribution in [0.4, 0.5) is 0 Å². The van der Waals surface area contributed by atoms with E-state index in [4.69, 9.17) is 11.6 Å². The quantitative estimate of drug-likeness (QED) is 0.693. The highest BCUT2D eigenvalue weighted by Crippen LogP contribution is 2.26. The number of halogens is 1. The number of likely N-dealkylation sites (N-methyl/N-ethyl adjacent to an activating group) is 1. The maximum atomic E-state index is 12.6. The van der Waals surface area contributed by atoms with Gasteiger partial charge in [0.05, 0.1) is 0 Å². The average molecular weight is 380 g/mol. The Kier molecular flexibility index (Phi) is 7.47. The second kappa shape index (κ2) is 9.38. The first-order valence-corrected chi connectivity index (χ1v) is 9.71. The first-order valence-electron chi connectivity index (χ1n) is 9.34. The number of benzene rings is 1. The molecule has 26 heavy (non-hydrogen) atoms. The van der Waals surface area contributed by atoms with Crippen molar-refractivity contribution >= 4 is 23.4 Å². The molecule has 2 rings (SSSR count). The van der Waals surface area contributed by atoms with Gasteiger partial charge in [-0.2, -0.15) is 0 Å². The van der Waals surface area contributed by atoms with Gasteiger partial charge >= 0.3 is 0 Å². The summed E-state index contributed by atoms with van der Waals surface area (Å²) in [5.41, 5.74) is 0.498. The van der Waals surface area contributed by atoms with Crippen molar-refractivity contribution in [3.8, 4) is 0 Å². The fourth-order valence-electron chi connectivity index (χ4n) is 2.90. The van der Waals surface area contributed by atoms with Crippen molar-refractivity contribution < 1.29 is 9.59 Å². The van der Waals surface area contributed by atoms with Gasteiger partial charge in [0.2, 0.25) is 5.91 Å². The number of hydrogen-bond acceptors (Lipinski definition) is 3. The largest absolute Gasteiger partial charge is 0.353 e. The Morgan fingerprint density at radius 2 is 1.81 bits per heavy atom. The summed E-state index contributed by atoms with van der Waals surface area (Å²) in [6, 6.07) is 7.04. The summed E-state index contributed by atoms with van der Waals surface area (Å²) in [5.74, 6) is -0.0921. The first kappa shape index (κ1) is 20.7. The molecular formula is C20H30ClN3O2. The fraction of sp³-hybridized carbons (Fsp3) is 0.600. The molecule has 1 aliphatic rings. The van der Waals surface area contributed by atoms with E-state index >= 15 is 0 Å². The summed E-state index contributed by atoms with van der Waals surface area (Å²) in [6.45, 7) is 6.77. The van der Waals surface area contributed by atoms with Gasteiger partial charge in [-0.3, -0.25) is 14.5 Å². The number of rotatable bonds is 9. The van der Waals surface area contributed by atoms with Crippen LogP contribution < -0.4 is 10.6 Å². The normalized spacial score (nSPS) is 16.4. The van der Waals surface area contributed by atoms with Crippen LogP contribution in [0.1, 0.15) is 50.4 Å². The van der Waals surface area contributed by atoms with E-state index in [9.17, 15) is 9.59 Å². The van der Waals surface area contributed by atoms with Crippen molar-refractivity contribution in [1.29, 1.82) is 0 Å². The molecule has 0 spiro atoms. The number of nitrogens with zero attached hydrogens (tertiary/aromatic N) is 1. The smallest absolute Gasteiger partial charge is 0.251 e. The van der Waals surface area contributed by atoms with E-state index in [2.05, 4.69) is 29.5 Å². The Balaban J connectivity index is 1.93. The number of carbonyl (C=O) groups excluding carboxylic acids is 2. The number of hydrogen-bond donors (Lipinski definition) is 2. The van der Waals surface area contributed by atoms with Crippen LogP contribution >= 0.6 is 11.6 Å². The Bertz CT molecular complexity index is 614. The van der Waals surface area contributed by atoms with Gasteiger partial charge in [0.15, 0.2) is 0 Å². The molecule has 5 nitrogen and oxygen atoms in total. The zero-order chi connectivity index (χ0) is 19.3. The SMILES string of the molecule is CC(C)CC(NC(=O)c1ccc(Cl)cc1)C(=O)NCC(C)N(C)C1CC1. The topological polar surface area (TPSA) is 61.4 Å². The summed E-state index contributed by atoms with van der Waals surface area (Å²) in [5, 5.41) is 6.44. The Morgan fingerprint density at radius 1 is 1.19 bits per heavy atom. The van der Waals surface area contributed by atoms with Gasteiger partial charge in [-0.05, 0) is 63.4 Å². The molecule has 1 aromatic carbocycles. The van der Waals surface area contributed by atoms with Gasteiger partial charge in [0, 0.05) is 29.2 Å². The lowest BCUT2D eigenvalue weighted by atomic mass is 10.0. The Hall–Kier alpha value is -1.59. The van der Waals surface area contributed by atoms with Crippen molar-refractivity contribution in [2.45, 2.75) is 58.2 Å². The highest BCUT2D eigenvalue weighted by molar-refractivity contribution is 6.30. The van der Waals surface area contributed by atoms with E-state index in [0.29, 0.717) is 35.5 Å². The number of amides is 2. The van der Waals surface area contributed by atoms with Gasteiger partial charge in [-0.25, -0.2) is 0 Å². The van der Waals surface area contributed by atoms with Crippen LogP contribution in [0.2, 0.25) is 5.02 Å². The first-order chi connectivity index (χ1) is 12.3. The molecule has 1 aromatic rings. The summed E-state index contributed by atoms with van der Waals surface area (Å²) >= 11 is 5.86. The van der Waals surface area contributed by atoms with Gasteiger partial charge in [-0.1, -0.05) is 25.4 Å². The molecule has 2 atom stereocenters. The van der Waals surface area contributed by atoms with Crippen molar-refractivity contribution in [1.82, 2.24) is 15.5 Å². The molecule has 0 heterocycles. The van der Waals surface area contributed by atoms with Crippen LogP contribution in [0.3, 0.4) is 0 Å². The third-order valence-corrected chi connectivity index (χ3v) is 5.08. The number of nitrogens with one attached hydrogen (secondary N) is 2. The van der Waals surface area contributed by atoms with Crippen LogP contribution in [-0.2, 0) is 4.79 Å². The molecule has 2 amide bonds. The second-order valence-electron chi connectivity index (χ2n) is 7.65. The molecule has 0 bridgehead atoms. The molecule has 1 fully saturated rings. The third-order valence-electron chi connectivity index (χ3n) is 4.83. The lowest BCUT2D eigenvalue weighted by Crippen LogP contribution is -2.50. The standard InChI is InChI=1S/C20H30ClN3O2/c1-13(2)11-18(23-19(25)15-5-7-16(21)8-6-15)20(26)22-12-14(3)24(4)17-9-10-17/h5-8,13-14,17-18H,9-12H2,1-4H3,(H,22,26)(H,23,25). The molecule has 0 aliphatic heterocycles. The molecule has 144 valence electrons. The zero-order valence-electron chi connectivity index (χ0n) is 16.1.